The molecule has 7 heteroatoms. The Balaban J connectivity index is 2.51. The maximum Gasteiger partial charge on any atom is 0.319 e. The number of halogens is 1. The van der Waals surface area contributed by atoms with Gasteiger partial charge >= 0.3 is 12.0 Å². The topological polar surface area (TPSA) is 87.7 Å². The van der Waals surface area contributed by atoms with Crippen LogP contribution >= 0.6 is 15.9 Å². The Bertz CT molecular complexity index is 451. The second-order valence-corrected chi connectivity index (χ2v) is 4.23. The van der Waals surface area contributed by atoms with Gasteiger partial charge in [0.2, 0.25) is 0 Å². The summed E-state index contributed by atoms with van der Waals surface area (Å²) >= 11 is 3.30. The fraction of sp³-hybridized carbons (Fsp3) is 0.273. The van der Waals surface area contributed by atoms with E-state index >= 15 is 0 Å². The Morgan fingerprint density at radius 1 is 1.44 bits per heavy atom. The van der Waals surface area contributed by atoms with Crippen LogP contribution in [-0.4, -0.2) is 30.8 Å². The van der Waals surface area contributed by atoms with Crippen LogP contribution in [0.25, 0.3) is 0 Å². The second kappa shape index (κ2) is 6.85. The Hall–Kier alpha value is -1.76. The van der Waals surface area contributed by atoms with Gasteiger partial charge in [-0.1, -0.05) is 0 Å². The minimum Gasteiger partial charge on any atom is -0.495 e. The number of anilines is 1. The number of carbonyl (C=O) groups excluding carboxylic acids is 1. The first-order valence-corrected chi connectivity index (χ1v) is 5.92. The number of methoxy groups -OCH3 is 1. The number of carboxylic acid groups (broad SMARTS) is 1. The van der Waals surface area contributed by atoms with Gasteiger partial charge in [0.05, 0.1) is 18.0 Å². The van der Waals surface area contributed by atoms with Crippen LogP contribution in [0.2, 0.25) is 0 Å². The number of benzene rings is 1. The van der Waals surface area contributed by atoms with Crippen LogP contribution < -0.4 is 15.4 Å². The molecule has 0 spiro atoms. The number of urea groups is 1. The predicted molar refractivity (Wildman–Crippen MR) is 70.0 cm³/mol. The lowest BCUT2D eigenvalue weighted by Crippen LogP contribution is -2.30. The zero-order valence-corrected chi connectivity index (χ0v) is 11.3. The molecule has 3 N–H and O–H groups in total. The van der Waals surface area contributed by atoms with Crippen molar-refractivity contribution >= 4 is 33.6 Å². The number of carbonyl (C=O) groups is 2. The summed E-state index contributed by atoms with van der Waals surface area (Å²) in [5.74, 6) is -0.362. The highest BCUT2D eigenvalue weighted by atomic mass is 79.9. The lowest BCUT2D eigenvalue weighted by molar-refractivity contribution is -0.136. The molecule has 0 aliphatic heterocycles. The van der Waals surface area contributed by atoms with Crippen molar-refractivity contribution in [3.63, 3.8) is 0 Å². The van der Waals surface area contributed by atoms with Gasteiger partial charge in [0.15, 0.2) is 0 Å². The van der Waals surface area contributed by atoms with Gasteiger partial charge in [-0.05, 0) is 28.1 Å². The molecule has 0 aliphatic carbocycles. The van der Waals surface area contributed by atoms with Crippen molar-refractivity contribution in [2.45, 2.75) is 6.42 Å². The number of aliphatic carboxylic acids is 1. The van der Waals surface area contributed by atoms with Crippen molar-refractivity contribution in [3.05, 3.63) is 22.7 Å². The molecule has 0 atom stereocenters. The molecule has 0 heterocycles. The van der Waals surface area contributed by atoms with Gasteiger partial charge in [0.1, 0.15) is 5.75 Å². The first kappa shape index (κ1) is 14.3. The Labute approximate surface area is 112 Å². The van der Waals surface area contributed by atoms with E-state index in [9.17, 15) is 9.59 Å². The fourth-order valence-corrected chi connectivity index (χ4v) is 1.60. The minimum atomic E-state index is -0.958. The van der Waals surface area contributed by atoms with Crippen molar-refractivity contribution in [2.24, 2.45) is 0 Å². The Morgan fingerprint density at radius 3 is 2.78 bits per heavy atom. The highest BCUT2D eigenvalue weighted by Crippen LogP contribution is 2.27. The number of carboxylic acids is 1. The van der Waals surface area contributed by atoms with Crippen LogP contribution in [0.4, 0.5) is 10.5 Å². The van der Waals surface area contributed by atoms with Gasteiger partial charge in [0.25, 0.3) is 0 Å². The molecule has 0 saturated heterocycles. The monoisotopic (exact) mass is 316 g/mol. The molecule has 1 aromatic carbocycles. The van der Waals surface area contributed by atoms with E-state index in [1.807, 2.05) is 0 Å². The molecule has 6 nitrogen and oxygen atoms in total. The van der Waals surface area contributed by atoms with Crippen molar-refractivity contribution in [3.8, 4) is 5.75 Å². The molecule has 0 aromatic heterocycles. The van der Waals surface area contributed by atoms with E-state index in [-0.39, 0.29) is 13.0 Å². The molecule has 18 heavy (non-hydrogen) atoms. The summed E-state index contributed by atoms with van der Waals surface area (Å²) in [5.41, 5.74) is 0.558. The van der Waals surface area contributed by atoms with Crippen LogP contribution in [0.3, 0.4) is 0 Å². The van der Waals surface area contributed by atoms with Crippen LogP contribution in [0.5, 0.6) is 5.75 Å². The van der Waals surface area contributed by atoms with Gasteiger partial charge in [-0.2, -0.15) is 0 Å². The third-order valence-corrected chi connectivity index (χ3v) is 2.69. The SMILES string of the molecule is COc1cc(NC(=O)NCCC(=O)O)ccc1Br. The van der Waals surface area contributed by atoms with E-state index in [0.29, 0.717) is 11.4 Å². The lowest BCUT2D eigenvalue weighted by Gasteiger charge is -2.09. The summed E-state index contributed by atoms with van der Waals surface area (Å²) in [4.78, 5) is 21.7. The average molecular weight is 317 g/mol. The normalized spacial score (nSPS) is 9.67. The van der Waals surface area contributed by atoms with Gasteiger partial charge in [0, 0.05) is 18.3 Å². The quantitative estimate of drug-likeness (QED) is 0.775. The van der Waals surface area contributed by atoms with Gasteiger partial charge in [-0.25, -0.2) is 4.79 Å². The molecule has 0 radical (unpaired) electrons. The van der Waals surface area contributed by atoms with Crippen molar-refractivity contribution in [1.29, 1.82) is 0 Å². The number of hydrogen-bond donors (Lipinski definition) is 3. The Morgan fingerprint density at radius 2 is 2.17 bits per heavy atom. The highest BCUT2D eigenvalue weighted by molar-refractivity contribution is 9.10. The molecule has 1 aromatic rings. The average Bonchev–Trinajstić information content (AvgIpc) is 2.31. The number of ether oxygens (including phenoxy) is 1. The molecule has 1 rings (SSSR count). The van der Waals surface area contributed by atoms with Gasteiger partial charge in [-0.3, -0.25) is 4.79 Å². The summed E-state index contributed by atoms with van der Waals surface area (Å²) in [6.45, 7) is 0.0782. The standard InChI is InChI=1S/C11H13BrN2O4/c1-18-9-6-7(2-3-8(9)12)14-11(17)13-5-4-10(15)16/h2-3,6H,4-5H2,1H3,(H,15,16)(H2,13,14,17). The molecule has 0 unspecified atom stereocenters. The number of nitrogens with one attached hydrogen (secondary N) is 2. The van der Waals surface area contributed by atoms with Gasteiger partial charge in [-0.15, -0.1) is 0 Å². The van der Waals surface area contributed by atoms with Crippen LogP contribution in [0.15, 0.2) is 22.7 Å². The summed E-state index contributed by atoms with van der Waals surface area (Å²) in [6, 6.07) is 4.64. The third-order valence-electron chi connectivity index (χ3n) is 2.03. The summed E-state index contributed by atoms with van der Waals surface area (Å²) in [6.07, 6.45) is -0.114. The molecular formula is C11H13BrN2O4. The first-order chi connectivity index (χ1) is 8.52. The van der Waals surface area contributed by atoms with Gasteiger partial charge < -0.3 is 20.5 Å². The minimum absolute atomic E-state index is 0.0782. The van der Waals surface area contributed by atoms with Crippen LogP contribution in [0.1, 0.15) is 6.42 Å². The first-order valence-electron chi connectivity index (χ1n) is 5.13. The zero-order chi connectivity index (χ0) is 13.5. The molecular weight excluding hydrogens is 304 g/mol. The van der Waals surface area contributed by atoms with E-state index in [2.05, 4.69) is 26.6 Å². The maximum absolute atomic E-state index is 11.4. The highest BCUT2D eigenvalue weighted by Gasteiger charge is 2.05. The van der Waals surface area contributed by atoms with E-state index in [0.717, 1.165) is 4.47 Å². The second-order valence-electron chi connectivity index (χ2n) is 3.37. The van der Waals surface area contributed by atoms with E-state index in [1.54, 1.807) is 18.2 Å². The van der Waals surface area contributed by atoms with Crippen LogP contribution in [-0.2, 0) is 4.79 Å². The third kappa shape index (κ3) is 4.62. The number of hydrogen-bond acceptors (Lipinski definition) is 3. The lowest BCUT2D eigenvalue weighted by atomic mass is 10.3. The van der Waals surface area contributed by atoms with E-state index < -0.39 is 12.0 Å². The summed E-state index contributed by atoms with van der Waals surface area (Å²) in [5, 5.41) is 13.4. The van der Waals surface area contributed by atoms with Crippen LogP contribution in [0, 0.1) is 0 Å². The zero-order valence-electron chi connectivity index (χ0n) is 9.70. The largest absolute Gasteiger partial charge is 0.495 e. The fourth-order valence-electron chi connectivity index (χ4n) is 1.20. The number of rotatable bonds is 5. The maximum atomic E-state index is 11.4. The molecule has 0 fully saturated rings. The predicted octanol–water partition coefficient (Wildman–Crippen LogP) is 2.05. The molecule has 0 saturated carbocycles. The summed E-state index contributed by atoms with van der Waals surface area (Å²) in [7, 11) is 1.52. The summed E-state index contributed by atoms with van der Waals surface area (Å²) < 4.78 is 5.86. The Kier molecular flexibility index (Phi) is 5.44. The van der Waals surface area contributed by atoms with Crippen molar-refractivity contribution in [1.82, 2.24) is 5.32 Å². The van der Waals surface area contributed by atoms with Crippen molar-refractivity contribution in [2.75, 3.05) is 19.0 Å². The number of amides is 2. The smallest absolute Gasteiger partial charge is 0.319 e. The molecule has 0 aliphatic rings. The molecule has 2 amide bonds. The molecule has 0 bridgehead atoms. The van der Waals surface area contributed by atoms with E-state index in [4.69, 9.17) is 9.84 Å². The van der Waals surface area contributed by atoms with Crippen molar-refractivity contribution < 1.29 is 19.4 Å². The molecule has 98 valence electrons. The van der Waals surface area contributed by atoms with E-state index in [1.165, 1.54) is 7.11 Å².